The summed E-state index contributed by atoms with van der Waals surface area (Å²) >= 11 is 0. The number of aliphatic hydroxyl groups is 1. The van der Waals surface area contributed by atoms with E-state index >= 15 is 0 Å². The van der Waals surface area contributed by atoms with Gasteiger partial charge in [-0.3, -0.25) is 0 Å². The lowest BCUT2D eigenvalue weighted by molar-refractivity contribution is 0.0159. The standard InChI is InChI=1S/C13H19FN2O2/c14-10-7-11(15)9-12(8-10)16-3-1-13(2-4-16)18-6-5-17/h7-9,13,17H,1-6,15H2. The van der Waals surface area contributed by atoms with E-state index in [1.165, 1.54) is 12.1 Å². The van der Waals surface area contributed by atoms with Crippen LogP contribution in [-0.4, -0.2) is 37.5 Å². The number of rotatable bonds is 4. The van der Waals surface area contributed by atoms with Crippen molar-refractivity contribution >= 4 is 11.4 Å². The zero-order valence-electron chi connectivity index (χ0n) is 10.3. The Morgan fingerprint density at radius 3 is 2.67 bits per heavy atom. The number of hydrogen-bond acceptors (Lipinski definition) is 4. The fourth-order valence-electron chi connectivity index (χ4n) is 2.28. The number of nitrogens with two attached hydrogens (primary N) is 1. The number of halogens is 1. The zero-order chi connectivity index (χ0) is 13.0. The van der Waals surface area contributed by atoms with Crippen LogP contribution in [0.4, 0.5) is 15.8 Å². The molecular formula is C13H19FN2O2. The van der Waals surface area contributed by atoms with Gasteiger partial charge in [0.25, 0.3) is 0 Å². The van der Waals surface area contributed by atoms with Gasteiger partial charge in [-0.25, -0.2) is 4.39 Å². The van der Waals surface area contributed by atoms with Crippen LogP contribution in [0.25, 0.3) is 0 Å². The molecule has 0 amide bonds. The van der Waals surface area contributed by atoms with Gasteiger partial charge >= 0.3 is 0 Å². The van der Waals surface area contributed by atoms with Crippen LogP contribution >= 0.6 is 0 Å². The first-order valence-electron chi connectivity index (χ1n) is 6.22. The van der Waals surface area contributed by atoms with Gasteiger partial charge < -0.3 is 20.5 Å². The second-order valence-corrected chi connectivity index (χ2v) is 4.52. The van der Waals surface area contributed by atoms with Gasteiger partial charge in [-0.15, -0.1) is 0 Å². The lowest BCUT2D eigenvalue weighted by Gasteiger charge is -2.33. The van der Waals surface area contributed by atoms with E-state index in [9.17, 15) is 4.39 Å². The number of benzene rings is 1. The fraction of sp³-hybridized carbons (Fsp3) is 0.538. The van der Waals surface area contributed by atoms with Crippen LogP contribution in [0.15, 0.2) is 18.2 Å². The van der Waals surface area contributed by atoms with Gasteiger partial charge in [0.2, 0.25) is 0 Å². The average Bonchev–Trinajstić information content (AvgIpc) is 2.36. The Bertz CT molecular complexity index is 372. The Hall–Kier alpha value is -1.33. The predicted molar refractivity (Wildman–Crippen MR) is 69.1 cm³/mol. The Kier molecular flexibility index (Phi) is 4.38. The summed E-state index contributed by atoms with van der Waals surface area (Å²) < 4.78 is 18.8. The van der Waals surface area contributed by atoms with Crippen LogP contribution in [0.3, 0.4) is 0 Å². The maximum absolute atomic E-state index is 13.3. The largest absolute Gasteiger partial charge is 0.399 e. The van der Waals surface area contributed by atoms with E-state index in [1.54, 1.807) is 6.07 Å². The molecule has 0 unspecified atom stereocenters. The lowest BCUT2D eigenvalue weighted by Crippen LogP contribution is -2.37. The van der Waals surface area contributed by atoms with Crippen molar-refractivity contribution in [3.63, 3.8) is 0 Å². The van der Waals surface area contributed by atoms with Gasteiger partial charge in [0.1, 0.15) is 5.82 Å². The number of nitrogens with zero attached hydrogens (tertiary/aromatic N) is 1. The van der Waals surface area contributed by atoms with Crippen molar-refractivity contribution in [3.8, 4) is 0 Å². The molecule has 0 aliphatic carbocycles. The van der Waals surface area contributed by atoms with Gasteiger partial charge in [0.05, 0.1) is 19.3 Å². The highest BCUT2D eigenvalue weighted by Gasteiger charge is 2.20. The second kappa shape index (κ2) is 6.02. The van der Waals surface area contributed by atoms with Crippen LogP contribution in [0.1, 0.15) is 12.8 Å². The summed E-state index contributed by atoms with van der Waals surface area (Å²) in [6, 6.07) is 4.61. The van der Waals surface area contributed by atoms with E-state index < -0.39 is 0 Å². The summed E-state index contributed by atoms with van der Waals surface area (Å²) in [6.45, 7) is 2.08. The molecule has 2 rings (SSSR count). The third kappa shape index (κ3) is 3.34. The average molecular weight is 254 g/mol. The summed E-state index contributed by atoms with van der Waals surface area (Å²) in [5, 5.41) is 8.70. The van der Waals surface area contributed by atoms with Crippen LogP contribution in [0, 0.1) is 5.82 Å². The van der Waals surface area contributed by atoms with Crippen molar-refractivity contribution in [1.82, 2.24) is 0 Å². The van der Waals surface area contributed by atoms with Crippen LogP contribution in [0.5, 0.6) is 0 Å². The molecule has 100 valence electrons. The van der Waals surface area contributed by atoms with E-state index in [0.717, 1.165) is 31.6 Å². The molecule has 0 atom stereocenters. The van der Waals surface area contributed by atoms with Crippen molar-refractivity contribution < 1.29 is 14.2 Å². The van der Waals surface area contributed by atoms with Gasteiger partial charge in [0.15, 0.2) is 0 Å². The van der Waals surface area contributed by atoms with Gasteiger partial charge in [-0.1, -0.05) is 0 Å². The molecule has 1 saturated heterocycles. The smallest absolute Gasteiger partial charge is 0.127 e. The fourth-order valence-corrected chi connectivity index (χ4v) is 2.28. The highest BCUT2D eigenvalue weighted by molar-refractivity contribution is 5.56. The van der Waals surface area contributed by atoms with E-state index in [-0.39, 0.29) is 18.5 Å². The highest BCUT2D eigenvalue weighted by atomic mass is 19.1. The predicted octanol–water partition coefficient (Wildman–Crippen LogP) is 1.39. The minimum atomic E-state index is -0.302. The number of aliphatic hydroxyl groups excluding tert-OH is 1. The Labute approximate surface area is 106 Å². The number of hydrogen-bond donors (Lipinski definition) is 2. The molecule has 1 aliphatic heterocycles. The monoisotopic (exact) mass is 254 g/mol. The SMILES string of the molecule is Nc1cc(F)cc(N2CCC(OCCO)CC2)c1. The molecule has 5 heteroatoms. The molecule has 1 aromatic carbocycles. The van der Waals surface area contributed by atoms with E-state index in [2.05, 4.69) is 4.90 Å². The summed E-state index contributed by atoms with van der Waals surface area (Å²) in [4.78, 5) is 2.11. The Balaban J connectivity index is 1.92. The topological polar surface area (TPSA) is 58.7 Å². The summed E-state index contributed by atoms with van der Waals surface area (Å²) in [5.41, 5.74) is 6.91. The Morgan fingerprint density at radius 2 is 2.06 bits per heavy atom. The molecule has 0 aromatic heterocycles. The summed E-state index contributed by atoms with van der Waals surface area (Å²) in [5.74, 6) is -0.302. The van der Waals surface area contributed by atoms with Crippen molar-refractivity contribution in [2.24, 2.45) is 0 Å². The lowest BCUT2D eigenvalue weighted by atomic mass is 10.1. The van der Waals surface area contributed by atoms with E-state index in [1.807, 2.05) is 0 Å². The number of nitrogen functional groups attached to an aromatic ring is 1. The molecule has 3 N–H and O–H groups in total. The normalized spacial score (nSPS) is 17.1. The molecule has 1 aliphatic rings. The molecule has 0 radical (unpaired) electrons. The molecule has 4 nitrogen and oxygen atoms in total. The molecule has 0 spiro atoms. The number of ether oxygens (including phenoxy) is 1. The maximum Gasteiger partial charge on any atom is 0.127 e. The van der Waals surface area contributed by atoms with Gasteiger partial charge in [0, 0.05) is 24.5 Å². The van der Waals surface area contributed by atoms with Crippen LogP contribution in [0.2, 0.25) is 0 Å². The number of anilines is 2. The first-order valence-corrected chi connectivity index (χ1v) is 6.22. The van der Waals surface area contributed by atoms with Crippen molar-refractivity contribution in [1.29, 1.82) is 0 Å². The second-order valence-electron chi connectivity index (χ2n) is 4.52. The molecule has 18 heavy (non-hydrogen) atoms. The quantitative estimate of drug-likeness (QED) is 0.797. The maximum atomic E-state index is 13.3. The van der Waals surface area contributed by atoms with Gasteiger partial charge in [-0.05, 0) is 31.0 Å². The molecule has 1 aromatic rings. The van der Waals surface area contributed by atoms with E-state index in [0.29, 0.717) is 12.3 Å². The van der Waals surface area contributed by atoms with Crippen LogP contribution < -0.4 is 10.6 Å². The number of piperidine rings is 1. The van der Waals surface area contributed by atoms with Crippen molar-refractivity contribution in [2.75, 3.05) is 36.9 Å². The van der Waals surface area contributed by atoms with Crippen molar-refractivity contribution in [3.05, 3.63) is 24.0 Å². The van der Waals surface area contributed by atoms with Crippen LogP contribution in [-0.2, 0) is 4.74 Å². The summed E-state index contributed by atoms with van der Waals surface area (Å²) in [6.07, 6.45) is 1.96. The third-order valence-corrected chi connectivity index (χ3v) is 3.16. The molecule has 1 fully saturated rings. The first-order chi connectivity index (χ1) is 8.69. The van der Waals surface area contributed by atoms with E-state index in [4.69, 9.17) is 15.6 Å². The third-order valence-electron chi connectivity index (χ3n) is 3.16. The highest BCUT2D eigenvalue weighted by Crippen LogP contribution is 2.24. The summed E-state index contributed by atoms with van der Waals surface area (Å²) in [7, 11) is 0. The Morgan fingerprint density at radius 1 is 1.33 bits per heavy atom. The zero-order valence-corrected chi connectivity index (χ0v) is 10.3. The molecule has 0 saturated carbocycles. The van der Waals surface area contributed by atoms with Gasteiger partial charge in [-0.2, -0.15) is 0 Å². The minimum Gasteiger partial charge on any atom is -0.399 e. The molecule has 1 heterocycles. The van der Waals surface area contributed by atoms with Crippen molar-refractivity contribution in [2.45, 2.75) is 18.9 Å². The first kappa shape index (κ1) is 13.1. The minimum absolute atomic E-state index is 0.0562. The molecular weight excluding hydrogens is 235 g/mol. The molecule has 0 bridgehead atoms.